The van der Waals surface area contributed by atoms with E-state index in [1.165, 1.54) is 0 Å². The van der Waals surface area contributed by atoms with Crippen LogP contribution in [-0.4, -0.2) is 5.91 Å². The molecule has 2 rings (SSSR count). The van der Waals surface area contributed by atoms with Crippen LogP contribution < -0.4 is 11.1 Å². The van der Waals surface area contributed by atoms with Gasteiger partial charge < -0.3 is 11.1 Å². The third-order valence-electron chi connectivity index (χ3n) is 2.55. The van der Waals surface area contributed by atoms with Crippen LogP contribution >= 0.6 is 22.6 Å². The molecule has 0 fully saturated rings. The quantitative estimate of drug-likeness (QED) is 0.659. The Morgan fingerprint density at radius 1 is 1.11 bits per heavy atom. The van der Waals surface area contributed by atoms with Crippen LogP contribution in [0.3, 0.4) is 0 Å². The molecule has 2 aromatic carbocycles. The van der Waals surface area contributed by atoms with Gasteiger partial charge in [-0.25, -0.2) is 0 Å². The van der Waals surface area contributed by atoms with E-state index in [0.29, 0.717) is 5.69 Å². The normalized spacial score (nSPS) is 10.1. The highest BCUT2D eigenvalue weighted by Crippen LogP contribution is 2.18. The first-order valence-electron chi connectivity index (χ1n) is 5.54. The summed E-state index contributed by atoms with van der Waals surface area (Å²) >= 11 is 2.19. The Morgan fingerprint density at radius 3 is 2.50 bits per heavy atom. The van der Waals surface area contributed by atoms with Gasteiger partial charge in [-0.05, 0) is 46.4 Å². The maximum Gasteiger partial charge on any atom is 0.228 e. The fourth-order valence-corrected chi connectivity index (χ4v) is 2.15. The van der Waals surface area contributed by atoms with Crippen molar-refractivity contribution < 1.29 is 4.79 Å². The molecule has 0 spiro atoms. The number of carbonyl (C=O) groups excluding carboxylic acids is 1. The van der Waals surface area contributed by atoms with Crippen molar-refractivity contribution >= 4 is 39.9 Å². The van der Waals surface area contributed by atoms with Crippen LogP contribution in [0.25, 0.3) is 0 Å². The van der Waals surface area contributed by atoms with Crippen molar-refractivity contribution in [2.75, 3.05) is 11.1 Å². The van der Waals surface area contributed by atoms with Gasteiger partial charge in [0, 0.05) is 9.26 Å². The smallest absolute Gasteiger partial charge is 0.228 e. The fraction of sp³-hybridized carbons (Fsp3) is 0.0714. The van der Waals surface area contributed by atoms with Gasteiger partial charge in [0.2, 0.25) is 5.91 Å². The summed E-state index contributed by atoms with van der Waals surface area (Å²) in [5.74, 6) is -0.0583. The molecule has 0 aliphatic carbocycles. The van der Waals surface area contributed by atoms with E-state index in [1.54, 1.807) is 6.07 Å². The summed E-state index contributed by atoms with van der Waals surface area (Å²) in [6, 6.07) is 15.1. The van der Waals surface area contributed by atoms with Crippen molar-refractivity contribution in [2.24, 2.45) is 0 Å². The van der Waals surface area contributed by atoms with E-state index in [2.05, 4.69) is 27.9 Å². The van der Waals surface area contributed by atoms with Crippen LogP contribution in [0, 0.1) is 3.57 Å². The van der Waals surface area contributed by atoms with Crippen LogP contribution in [-0.2, 0) is 11.2 Å². The second kappa shape index (κ2) is 5.86. The zero-order chi connectivity index (χ0) is 13.0. The van der Waals surface area contributed by atoms with Crippen LogP contribution in [0.1, 0.15) is 5.56 Å². The Balaban J connectivity index is 2.06. The molecule has 0 saturated carbocycles. The van der Waals surface area contributed by atoms with Crippen molar-refractivity contribution in [1.29, 1.82) is 0 Å². The number of anilines is 2. The van der Waals surface area contributed by atoms with Gasteiger partial charge in [0.1, 0.15) is 0 Å². The summed E-state index contributed by atoms with van der Waals surface area (Å²) in [7, 11) is 0. The molecule has 0 aliphatic heterocycles. The molecule has 0 radical (unpaired) electrons. The summed E-state index contributed by atoms with van der Waals surface area (Å²) in [5.41, 5.74) is 8.14. The predicted octanol–water partition coefficient (Wildman–Crippen LogP) is 3.05. The van der Waals surface area contributed by atoms with Crippen molar-refractivity contribution in [1.82, 2.24) is 0 Å². The zero-order valence-electron chi connectivity index (χ0n) is 9.69. The third-order valence-corrected chi connectivity index (χ3v) is 3.49. The first kappa shape index (κ1) is 12.9. The SMILES string of the molecule is Nc1ccccc1CC(=O)Nc1ccccc1I. The van der Waals surface area contributed by atoms with E-state index in [4.69, 9.17) is 5.73 Å². The van der Waals surface area contributed by atoms with Crippen LogP contribution in [0.15, 0.2) is 48.5 Å². The first-order chi connectivity index (χ1) is 8.66. The molecule has 0 unspecified atom stereocenters. The molecule has 4 heteroatoms. The molecule has 3 N–H and O–H groups in total. The number of halogens is 1. The molecule has 18 heavy (non-hydrogen) atoms. The molecule has 0 heterocycles. The third kappa shape index (κ3) is 3.22. The van der Waals surface area contributed by atoms with Crippen molar-refractivity contribution in [2.45, 2.75) is 6.42 Å². The lowest BCUT2D eigenvalue weighted by Crippen LogP contribution is -2.15. The van der Waals surface area contributed by atoms with Crippen LogP contribution in [0.4, 0.5) is 11.4 Å². The molecule has 0 bridgehead atoms. The molecule has 1 amide bonds. The minimum Gasteiger partial charge on any atom is -0.398 e. The molecule has 92 valence electrons. The fourth-order valence-electron chi connectivity index (χ4n) is 1.63. The number of amides is 1. The molecule has 0 saturated heterocycles. The Morgan fingerprint density at radius 2 is 1.78 bits per heavy atom. The Bertz CT molecular complexity index is 520. The Kier molecular flexibility index (Phi) is 4.19. The molecule has 0 aromatic heterocycles. The summed E-state index contributed by atoms with van der Waals surface area (Å²) < 4.78 is 1.02. The van der Waals surface area contributed by atoms with E-state index in [9.17, 15) is 4.79 Å². The minimum atomic E-state index is -0.0583. The lowest BCUT2D eigenvalue weighted by molar-refractivity contribution is -0.115. The number of para-hydroxylation sites is 2. The van der Waals surface area contributed by atoms with Gasteiger partial charge in [-0.1, -0.05) is 30.3 Å². The van der Waals surface area contributed by atoms with E-state index < -0.39 is 0 Å². The standard InChI is InChI=1S/C14H13IN2O/c15-11-6-2-4-8-13(11)17-14(18)9-10-5-1-3-7-12(10)16/h1-8H,9,16H2,(H,17,18). The number of hydrogen-bond donors (Lipinski definition) is 2. The van der Waals surface area contributed by atoms with Gasteiger partial charge in [-0.3, -0.25) is 4.79 Å². The van der Waals surface area contributed by atoms with Crippen molar-refractivity contribution in [3.63, 3.8) is 0 Å². The number of nitrogens with two attached hydrogens (primary N) is 1. The average Bonchev–Trinajstić information content (AvgIpc) is 2.35. The molecular formula is C14H13IN2O. The van der Waals surface area contributed by atoms with Gasteiger partial charge in [-0.15, -0.1) is 0 Å². The zero-order valence-corrected chi connectivity index (χ0v) is 11.8. The van der Waals surface area contributed by atoms with Gasteiger partial charge in [0.15, 0.2) is 0 Å². The summed E-state index contributed by atoms with van der Waals surface area (Å²) in [5, 5.41) is 2.88. The first-order valence-corrected chi connectivity index (χ1v) is 6.62. The van der Waals surface area contributed by atoms with Crippen molar-refractivity contribution in [3.05, 3.63) is 57.7 Å². The Labute approximate surface area is 120 Å². The molecule has 0 aliphatic rings. The monoisotopic (exact) mass is 352 g/mol. The average molecular weight is 352 g/mol. The number of nitrogen functional groups attached to an aromatic ring is 1. The molecule has 3 nitrogen and oxygen atoms in total. The van der Waals surface area contributed by atoms with E-state index in [0.717, 1.165) is 14.8 Å². The minimum absolute atomic E-state index is 0.0583. The Hall–Kier alpha value is -1.56. The largest absolute Gasteiger partial charge is 0.398 e. The van der Waals surface area contributed by atoms with E-state index >= 15 is 0 Å². The van der Waals surface area contributed by atoms with Gasteiger partial charge in [0.05, 0.1) is 12.1 Å². The van der Waals surface area contributed by atoms with Crippen molar-refractivity contribution in [3.8, 4) is 0 Å². The second-order valence-electron chi connectivity index (χ2n) is 3.90. The summed E-state index contributed by atoms with van der Waals surface area (Å²) in [4.78, 5) is 11.9. The summed E-state index contributed by atoms with van der Waals surface area (Å²) in [6.07, 6.45) is 0.289. The van der Waals surface area contributed by atoms with Crippen LogP contribution in [0.2, 0.25) is 0 Å². The summed E-state index contributed by atoms with van der Waals surface area (Å²) in [6.45, 7) is 0. The number of rotatable bonds is 3. The van der Waals surface area contributed by atoms with Gasteiger partial charge >= 0.3 is 0 Å². The number of nitrogens with one attached hydrogen (secondary N) is 1. The number of carbonyl (C=O) groups is 1. The maximum absolute atomic E-state index is 11.9. The number of benzene rings is 2. The van der Waals surface area contributed by atoms with E-state index in [1.807, 2.05) is 42.5 Å². The van der Waals surface area contributed by atoms with E-state index in [-0.39, 0.29) is 12.3 Å². The highest BCUT2D eigenvalue weighted by Gasteiger charge is 2.07. The van der Waals surface area contributed by atoms with Crippen LogP contribution in [0.5, 0.6) is 0 Å². The van der Waals surface area contributed by atoms with Gasteiger partial charge in [-0.2, -0.15) is 0 Å². The maximum atomic E-state index is 11.9. The highest BCUT2D eigenvalue weighted by molar-refractivity contribution is 14.1. The lowest BCUT2D eigenvalue weighted by Gasteiger charge is -2.08. The number of hydrogen-bond acceptors (Lipinski definition) is 2. The highest BCUT2D eigenvalue weighted by atomic mass is 127. The lowest BCUT2D eigenvalue weighted by atomic mass is 10.1. The van der Waals surface area contributed by atoms with Gasteiger partial charge in [0.25, 0.3) is 0 Å². The molecular weight excluding hydrogens is 339 g/mol. The molecule has 2 aromatic rings. The topological polar surface area (TPSA) is 55.1 Å². The second-order valence-corrected chi connectivity index (χ2v) is 5.07. The molecule has 0 atom stereocenters. The predicted molar refractivity (Wildman–Crippen MR) is 82.3 cm³/mol.